The first-order valence-corrected chi connectivity index (χ1v) is 10.0. The molecule has 1 amide bonds. The van der Waals surface area contributed by atoms with E-state index in [4.69, 9.17) is 11.6 Å². The van der Waals surface area contributed by atoms with E-state index in [0.717, 1.165) is 50.5 Å². The minimum atomic E-state index is 0.230. The molecule has 2 aliphatic heterocycles. The Hall–Kier alpha value is -1.10. The van der Waals surface area contributed by atoms with E-state index in [1.807, 2.05) is 18.2 Å². The normalized spacial score (nSPS) is 26.5. The number of likely N-dealkylation sites (tertiary alicyclic amines) is 1. The lowest BCUT2D eigenvalue weighted by molar-refractivity contribution is -0.123. The van der Waals surface area contributed by atoms with Crippen LogP contribution in [-0.2, 0) is 4.79 Å². The molecule has 2 unspecified atom stereocenters. The Bertz CT molecular complexity index is 623. The Morgan fingerprint density at radius 1 is 1.32 bits per heavy atom. The van der Waals surface area contributed by atoms with Gasteiger partial charge in [-0.15, -0.1) is 0 Å². The van der Waals surface area contributed by atoms with Crippen LogP contribution >= 0.6 is 11.6 Å². The summed E-state index contributed by atoms with van der Waals surface area (Å²) in [4.78, 5) is 15.2. The quantitative estimate of drug-likeness (QED) is 0.847. The number of benzene rings is 1. The molecule has 1 saturated carbocycles. The minimum absolute atomic E-state index is 0.230. The number of hydrogen-bond donors (Lipinski definition) is 2. The number of nitrogens with one attached hydrogen (secondary N) is 2. The van der Waals surface area contributed by atoms with Gasteiger partial charge in [0.2, 0.25) is 5.91 Å². The van der Waals surface area contributed by atoms with E-state index in [1.54, 1.807) is 0 Å². The molecule has 1 aromatic rings. The SMILES string of the molecule is O=C(NCC(c1cccc(Cl)c1)N1CCCC1)C1CC12CCNCC2. The maximum Gasteiger partial charge on any atom is 0.223 e. The van der Waals surface area contributed by atoms with Crippen LogP contribution in [0, 0.1) is 11.3 Å². The van der Waals surface area contributed by atoms with Crippen molar-refractivity contribution in [3.63, 3.8) is 0 Å². The Labute approximate surface area is 155 Å². The highest BCUT2D eigenvalue weighted by molar-refractivity contribution is 6.30. The van der Waals surface area contributed by atoms with Gasteiger partial charge < -0.3 is 10.6 Å². The number of amides is 1. The van der Waals surface area contributed by atoms with E-state index in [2.05, 4.69) is 21.6 Å². The predicted molar refractivity (Wildman–Crippen MR) is 101 cm³/mol. The molecule has 3 aliphatic rings. The lowest BCUT2D eigenvalue weighted by Crippen LogP contribution is -2.39. The molecule has 1 aromatic carbocycles. The lowest BCUT2D eigenvalue weighted by Gasteiger charge is -2.29. The molecule has 2 saturated heterocycles. The van der Waals surface area contributed by atoms with Crippen LogP contribution in [0.4, 0.5) is 0 Å². The Balaban J connectivity index is 1.40. The average Bonchev–Trinajstić information content (AvgIpc) is 3.05. The van der Waals surface area contributed by atoms with Gasteiger partial charge in [0.15, 0.2) is 0 Å². The summed E-state index contributed by atoms with van der Waals surface area (Å²) in [6, 6.07) is 8.32. The number of carbonyl (C=O) groups is 1. The van der Waals surface area contributed by atoms with E-state index in [9.17, 15) is 4.79 Å². The predicted octanol–water partition coefficient (Wildman–Crippen LogP) is 2.98. The molecule has 2 heterocycles. The average molecular weight is 362 g/mol. The maximum atomic E-state index is 12.7. The zero-order valence-electron chi connectivity index (χ0n) is 14.8. The van der Waals surface area contributed by atoms with Gasteiger partial charge in [-0.2, -0.15) is 0 Å². The monoisotopic (exact) mass is 361 g/mol. The van der Waals surface area contributed by atoms with Gasteiger partial charge in [-0.25, -0.2) is 0 Å². The molecule has 1 aliphatic carbocycles. The van der Waals surface area contributed by atoms with Crippen molar-refractivity contribution in [2.24, 2.45) is 11.3 Å². The van der Waals surface area contributed by atoms with Gasteiger partial charge in [-0.05, 0) is 81.4 Å². The number of halogens is 1. The summed E-state index contributed by atoms with van der Waals surface area (Å²) >= 11 is 6.20. The molecule has 4 rings (SSSR count). The Kier molecular flexibility index (Phi) is 5.03. The lowest BCUT2D eigenvalue weighted by atomic mass is 9.91. The van der Waals surface area contributed by atoms with Crippen molar-refractivity contribution in [2.45, 2.75) is 38.1 Å². The van der Waals surface area contributed by atoms with E-state index < -0.39 is 0 Å². The molecule has 2 N–H and O–H groups in total. The highest BCUT2D eigenvalue weighted by Gasteiger charge is 2.57. The zero-order chi connectivity index (χ0) is 17.3. The smallest absolute Gasteiger partial charge is 0.223 e. The van der Waals surface area contributed by atoms with E-state index in [-0.39, 0.29) is 17.9 Å². The molecule has 1 spiro atoms. The van der Waals surface area contributed by atoms with E-state index in [0.29, 0.717) is 12.0 Å². The van der Waals surface area contributed by atoms with Gasteiger partial charge in [0.1, 0.15) is 0 Å². The molecule has 0 bridgehead atoms. The van der Waals surface area contributed by atoms with Gasteiger partial charge in [0, 0.05) is 17.5 Å². The van der Waals surface area contributed by atoms with Crippen LogP contribution in [0.2, 0.25) is 5.02 Å². The summed E-state index contributed by atoms with van der Waals surface area (Å²) in [7, 11) is 0. The number of piperidine rings is 1. The van der Waals surface area contributed by atoms with Crippen molar-refractivity contribution in [3.05, 3.63) is 34.9 Å². The molecule has 136 valence electrons. The van der Waals surface area contributed by atoms with Crippen molar-refractivity contribution in [1.82, 2.24) is 15.5 Å². The largest absolute Gasteiger partial charge is 0.354 e. The van der Waals surface area contributed by atoms with Crippen LogP contribution in [0.3, 0.4) is 0 Å². The molecule has 0 radical (unpaired) electrons. The fraction of sp³-hybridized carbons (Fsp3) is 0.650. The first kappa shape index (κ1) is 17.3. The molecular weight excluding hydrogens is 334 g/mol. The van der Waals surface area contributed by atoms with Gasteiger partial charge in [0.25, 0.3) is 0 Å². The van der Waals surface area contributed by atoms with Crippen molar-refractivity contribution in [3.8, 4) is 0 Å². The minimum Gasteiger partial charge on any atom is -0.354 e. The van der Waals surface area contributed by atoms with Crippen molar-refractivity contribution < 1.29 is 4.79 Å². The van der Waals surface area contributed by atoms with Gasteiger partial charge in [0.05, 0.1) is 6.04 Å². The summed E-state index contributed by atoms with van der Waals surface area (Å²) in [5.74, 6) is 0.487. The number of carbonyl (C=O) groups excluding carboxylic acids is 1. The van der Waals surface area contributed by atoms with Crippen molar-refractivity contribution in [2.75, 3.05) is 32.7 Å². The number of rotatable bonds is 5. The van der Waals surface area contributed by atoms with Crippen molar-refractivity contribution in [1.29, 1.82) is 0 Å². The third kappa shape index (κ3) is 3.71. The highest BCUT2D eigenvalue weighted by Crippen LogP contribution is 2.58. The molecule has 3 fully saturated rings. The molecule has 0 aromatic heterocycles. The second-order valence-corrected chi connectivity index (χ2v) is 8.36. The topological polar surface area (TPSA) is 44.4 Å². The first-order valence-electron chi connectivity index (χ1n) is 9.66. The Morgan fingerprint density at radius 2 is 2.08 bits per heavy atom. The summed E-state index contributed by atoms with van der Waals surface area (Å²) < 4.78 is 0. The van der Waals surface area contributed by atoms with Crippen LogP contribution in [0.1, 0.15) is 43.7 Å². The second-order valence-electron chi connectivity index (χ2n) is 7.93. The molecule has 2 atom stereocenters. The van der Waals surface area contributed by atoms with Crippen LogP contribution in [0.5, 0.6) is 0 Å². The number of hydrogen-bond acceptors (Lipinski definition) is 3. The van der Waals surface area contributed by atoms with Crippen LogP contribution < -0.4 is 10.6 Å². The van der Waals surface area contributed by atoms with Crippen LogP contribution in [0.25, 0.3) is 0 Å². The molecule has 4 nitrogen and oxygen atoms in total. The fourth-order valence-electron chi connectivity index (χ4n) is 4.74. The third-order valence-corrected chi connectivity index (χ3v) is 6.63. The van der Waals surface area contributed by atoms with E-state index >= 15 is 0 Å². The zero-order valence-corrected chi connectivity index (χ0v) is 15.5. The third-order valence-electron chi connectivity index (χ3n) is 6.39. The summed E-state index contributed by atoms with van der Waals surface area (Å²) in [5, 5.41) is 7.44. The molecule has 5 heteroatoms. The van der Waals surface area contributed by atoms with Crippen LogP contribution in [0.15, 0.2) is 24.3 Å². The number of nitrogens with zero attached hydrogens (tertiary/aromatic N) is 1. The second kappa shape index (κ2) is 7.26. The molecular formula is C20H28ClN3O. The summed E-state index contributed by atoms with van der Waals surface area (Å²) in [5.41, 5.74) is 1.51. The summed E-state index contributed by atoms with van der Waals surface area (Å²) in [6.45, 7) is 5.01. The van der Waals surface area contributed by atoms with E-state index in [1.165, 1.54) is 18.4 Å². The maximum absolute atomic E-state index is 12.7. The van der Waals surface area contributed by atoms with Crippen molar-refractivity contribution >= 4 is 17.5 Å². The summed E-state index contributed by atoms with van der Waals surface area (Å²) in [6.07, 6.45) is 5.85. The van der Waals surface area contributed by atoms with Gasteiger partial charge in [-0.1, -0.05) is 23.7 Å². The standard InChI is InChI=1S/C20H28ClN3O/c21-16-5-3-4-15(12-16)18(24-10-1-2-11-24)14-23-19(25)17-13-20(17)6-8-22-9-7-20/h3-5,12,17-18,22H,1-2,6-11,13-14H2,(H,23,25). The molecule has 25 heavy (non-hydrogen) atoms. The van der Waals surface area contributed by atoms with Gasteiger partial charge >= 0.3 is 0 Å². The fourth-order valence-corrected chi connectivity index (χ4v) is 4.94. The highest BCUT2D eigenvalue weighted by atomic mass is 35.5. The van der Waals surface area contributed by atoms with Gasteiger partial charge in [-0.3, -0.25) is 9.69 Å². The first-order chi connectivity index (χ1) is 12.2. The Morgan fingerprint density at radius 3 is 2.80 bits per heavy atom. The van der Waals surface area contributed by atoms with Crippen LogP contribution in [-0.4, -0.2) is 43.5 Å².